The Morgan fingerprint density at radius 2 is 2.16 bits per heavy atom. The first kappa shape index (κ1) is 14.2. The molecule has 1 aliphatic heterocycles. The second kappa shape index (κ2) is 4.72. The third kappa shape index (κ3) is 2.21. The smallest absolute Gasteiger partial charge is 0.200 e. The van der Waals surface area contributed by atoms with E-state index in [0.29, 0.717) is 24.7 Å². The standard InChI is InChI=1S/C14H20O5/c1-7(2)10(16)11-9(6-15)8-4-5-14(3,18)13(17)12(8)19-11/h6-8,12-13,17-18H,4-5H2,1-3H3. The van der Waals surface area contributed by atoms with Crippen LogP contribution in [0.4, 0.5) is 0 Å². The second-order valence-corrected chi connectivity index (χ2v) is 5.95. The zero-order valence-corrected chi connectivity index (χ0v) is 11.4. The minimum Gasteiger partial charge on any atom is -0.483 e. The molecule has 5 heteroatoms. The molecule has 2 rings (SSSR count). The van der Waals surface area contributed by atoms with Crippen LogP contribution in [-0.2, 0) is 14.3 Å². The minimum atomic E-state index is -1.24. The van der Waals surface area contributed by atoms with Gasteiger partial charge in [0.1, 0.15) is 18.5 Å². The van der Waals surface area contributed by atoms with Crippen LogP contribution in [0.2, 0.25) is 0 Å². The van der Waals surface area contributed by atoms with Crippen molar-refractivity contribution in [2.45, 2.75) is 51.4 Å². The van der Waals surface area contributed by atoms with Crippen molar-refractivity contribution in [3.05, 3.63) is 11.3 Å². The molecule has 0 aromatic heterocycles. The molecule has 0 saturated heterocycles. The van der Waals surface area contributed by atoms with Crippen LogP contribution in [0.5, 0.6) is 0 Å². The number of fused-ring (bicyclic) bond motifs is 1. The molecule has 2 aliphatic rings. The Labute approximate surface area is 112 Å². The van der Waals surface area contributed by atoms with E-state index in [4.69, 9.17) is 4.74 Å². The highest BCUT2D eigenvalue weighted by Gasteiger charge is 2.52. The summed E-state index contributed by atoms with van der Waals surface area (Å²) in [4.78, 5) is 23.3. The lowest BCUT2D eigenvalue weighted by molar-refractivity contribution is -0.155. The predicted molar refractivity (Wildman–Crippen MR) is 67.2 cm³/mol. The molecule has 0 bridgehead atoms. The fourth-order valence-electron chi connectivity index (χ4n) is 2.79. The van der Waals surface area contributed by atoms with E-state index in [1.54, 1.807) is 20.8 Å². The predicted octanol–water partition coefficient (Wildman–Crippen LogP) is 0.585. The average molecular weight is 268 g/mol. The first-order valence-electron chi connectivity index (χ1n) is 6.60. The van der Waals surface area contributed by atoms with Crippen molar-refractivity contribution in [2.24, 2.45) is 11.8 Å². The number of allylic oxidation sites excluding steroid dienone is 1. The molecule has 0 spiro atoms. The number of carbonyl (C=O) groups excluding carboxylic acids is 2. The van der Waals surface area contributed by atoms with Crippen molar-refractivity contribution in [3.8, 4) is 0 Å². The Hall–Kier alpha value is -1.20. The van der Waals surface area contributed by atoms with Gasteiger partial charge in [-0.3, -0.25) is 9.59 Å². The molecule has 5 nitrogen and oxygen atoms in total. The minimum absolute atomic E-state index is 0.0664. The second-order valence-electron chi connectivity index (χ2n) is 5.95. The van der Waals surface area contributed by atoms with Crippen molar-refractivity contribution >= 4 is 12.1 Å². The summed E-state index contributed by atoms with van der Waals surface area (Å²) in [6.07, 6.45) is -0.260. The molecule has 19 heavy (non-hydrogen) atoms. The van der Waals surface area contributed by atoms with Crippen molar-refractivity contribution in [2.75, 3.05) is 0 Å². The van der Waals surface area contributed by atoms with E-state index in [0.717, 1.165) is 0 Å². The van der Waals surface area contributed by atoms with E-state index in [1.807, 2.05) is 0 Å². The molecule has 2 N–H and O–H groups in total. The number of hydrogen-bond acceptors (Lipinski definition) is 5. The van der Waals surface area contributed by atoms with Gasteiger partial charge >= 0.3 is 0 Å². The van der Waals surface area contributed by atoms with Gasteiger partial charge in [0.05, 0.1) is 5.60 Å². The van der Waals surface area contributed by atoms with Crippen molar-refractivity contribution < 1.29 is 24.5 Å². The van der Waals surface area contributed by atoms with Crippen LogP contribution in [0.1, 0.15) is 33.6 Å². The average Bonchev–Trinajstić information content (AvgIpc) is 2.71. The summed E-state index contributed by atoms with van der Waals surface area (Å²) in [6.45, 7) is 5.01. The molecule has 1 heterocycles. The number of aldehydes is 1. The van der Waals surface area contributed by atoms with Gasteiger partial charge in [-0.2, -0.15) is 0 Å². The highest BCUT2D eigenvalue weighted by atomic mass is 16.5. The van der Waals surface area contributed by atoms with Gasteiger partial charge < -0.3 is 14.9 Å². The van der Waals surface area contributed by atoms with Crippen LogP contribution in [0, 0.1) is 11.8 Å². The quantitative estimate of drug-likeness (QED) is 0.732. The van der Waals surface area contributed by atoms with Gasteiger partial charge in [-0.15, -0.1) is 0 Å². The Balaban J connectivity index is 2.33. The summed E-state index contributed by atoms with van der Waals surface area (Å²) in [7, 11) is 0. The van der Waals surface area contributed by atoms with Crippen LogP contribution >= 0.6 is 0 Å². The lowest BCUT2D eigenvalue weighted by Gasteiger charge is -2.40. The van der Waals surface area contributed by atoms with Gasteiger partial charge in [0.25, 0.3) is 0 Å². The summed E-state index contributed by atoms with van der Waals surface area (Å²) >= 11 is 0. The van der Waals surface area contributed by atoms with Gasteiger partial charge in [-0.25, -0.2) is 0 Å². The van der Waals surface area contributed by atoms with Crippen LogP contribution < -0.4 is 0 Å². The largest absolute Gasteiger partial charge is 0.483 e. The SMILES string of the molecule is CC(C)C(=O)C1=C(C=O)C2CCC(C)(O)C(O)C2O1. The van der Waals surface area contributed by atoms with E-state index in [1.165, 1.54) is 0 Å². The zero-order chi connectivity index (χ0) is 14.4. The third-order valence-electron chi connectivity index (χ3n) is 4.10. The number of aliphatic hydroxyl groups is 2. The van der Waals surface area contributed by atoms with E-state index >= 15 is 0 Å². The summed E-state index contributed by atoms with van der Waals surface area (Å²) in [5.74, 6) is -0.742. The number of carbonyl (C=O) groups is 2. The van der Waals surface area contributed by atoms with Crippen molar-refractivity contribution in [3.63, 3.8) is 0 Å². The van der Waals surface area contributed by atoms with Crippen LogP contribution in [0.15, 0.2) is 11.3 Å². The Bertz CT molecular complexity index is 435. The van der Waals surface area contributed by atoms with Crippen LogP contribution in [-0.4, -0.2) is 40.1 Å². The summed E-state index contributed by atoms with van der Waals surface area (Å²) in [5.41, 5.74) is -0.913. The van der Waals surface area contributed by atoms with Gasteiger partial charge in [-0.1, -0.05) is 13.8 Å². The summed E-state index contributed by atoms with van der Waals surface area (Å²) in [5, 5.41) is 20.2. The first-order chi connectivity index (χ1) is 8.79. The van der Waals surface area contributed by atoms with Crippen LogP contribution in [0.3, 0.4) is 0 Å². The lowest BCUT2D eigenvalue weighted by atomic mass is 9.73. The summed E-state index contributed by atoms with van der Waals surface area (Å²) < 4.78 is 5.53. The number of ether oxygens (including phenoxy) is 1. The maximum Gasteiger partial charge on any atom is 0.200 e. The number of hydrogen-bond donors (Lipinski definition) is 2. The Kier molecular flexibility index (Phi) is 3.53. The van der Waals surface area contributed by atoms with E-state index in [9.17, 15) is 19.8 Å². The molecule has 0 aromatic rings. The fourth-order valence-corrected chi connectivity index (χ4v) is 2.79. The monoisotopic (exact) mass is 268 g/mol. The van der Waals surface area contributed by atoms with Gasteiger partial charge in [0, 0.05) is 17.4 Å². The molecule has 1 aliphatic carbocycles. The lowest BCUT2D eigenvalue weighted by Crippen LogP contribution is -2.53. The molecular weight excluding hydrogens is 248 g/mol. The fraction of sp³-hybridized carbons (Fsp3) is 0.714. The molecule has 4 atom stereocenters. The van der Waals surface area contributed by atoms with E-state index in [-0.39, 0.29) is 23.4 Å². The molecule has 0 amide bonds. The normalized spacial score (nSPS) is 38.1. The van der Waals surface area contributed by atoms with E-state index < -0.39 is 17.8 Å². The molecule has 106 valence electrons. The first-order valence-corrected chi connectivity index (χ1v) is 6.60. The van der Waals surface area contributed by atoms with Crippen LogP contribution in [0.25, 0.3) is 0 Å². The number of aliphatic hydroxyl groups excluding tert-OH is 1. The maximum absolute atomic E-state index is 12.0. The topological polar surface area (TPSA) is 83.8 Å². The third-order valence-corrected chi connectivity index (χ3v) is 4.10. The van der Waals surface area contributed by atoms with Crippen molar-refractivity contribution in [1.82, 2.24) is 0 Å². The van der Waals surface area contributed by atoms with Gasteiger partial charge in [0.2, 0.25) is 0 Å². The molecule has 4 unspecified atom stereocenters. The number of rotatable bonds is 3. The van der Waals surface area contributed by atoms with Gasteiger partial charge in [0.15, 0.2) is 11.5 Å². The Morgan fingerprint density at radius 1 is 1.53 bits per heavy atom. The van der Waals surface area contributed by atoms with E-state index in [2.05, 4.69) is 0 Å². The summed E-state index contributed by atoms with van der Waals surface area (Å²) in [6, 6.07) is 0. The highest BCUT2D eigenvalue weighted by Crippen LogP contribution is 2.44. The van der Waals surface area contributed by atoms with Gasteiger partial charge in [-0.05, 0) is 19.8 Å². The maximum atomic E-state index is 12.0. The van der Waals surface area contributed by atoms with Crippen molar-refractivity contribution in [1.29, 1.82) is 0 Å². The molecule has 0 aromatic carbocycles. The molecule has 0 radical (unpaired) electrons. The number of ketones is 1. The molecule has 1 fully saturated rings. The number of Topliss-reactive ketones (excluding diaryl/α,β-unsaturated/α-hetero) is 1. The highest BCUT2D eigenvalue weighted by molar-refractivity contribution is 6.00. The zero-order valence-electron chi connectivity index (χ0n) is 11.4. The molecule has 1 saturated carbocycles. The molecular formula is C14H20O5. The Morgan fingerprint density at radius 3 is 2.68 bits per heavy atom.